The lowest BCUT2D eigenvalue weighted by Gasteiger charge is -2.26. The molecule has 0 N–H and O–H groups in total. The summed E-state index contributed by atoms with van der Waals surface area (Å²) in [5.41, 5.74) is 1.04. The molecule has 0 amide bonds. The molecule has 1 heterocycles. The van der Waals surface area contributed by atoms with Gasteiger partial charge in [0.1, 0.15) is 6.10 Å². The van der Waals surface area contributed by atoms with E-state index in [0.717, 1.165) is 24.8 Å². The third kappa shape index (κ3) is 7.67. The van der Waals surface area contributed by atoms with Crippen molar-refractivity contribution in [2.24, 2.45) is 23.7 Å². The normalized spacial score (nSPS) is 22.6. The summed E-state index contributed by atoms with van der Waals surface area (Å²) in [5, 5.41) is 0. The van der Waals surface area contributed by atoms with Crippen LogP contribution in [0.3, 0.4) is 0 Å². The van der Waals surface area contributed by atoms with Gasteiger partial charge >= 0.3 is 5.97 Å². The highest BCUT2D eigenvalue weighted by molar-refractivity contribution is 9.09. The number of halogens is 1. The standard InChI is InChI=1S/C25H39BrO5/c1-16(2)19(14-21(26)23-15-20(17(3)4)25(27)31-23)12-18-8-9-22(29-6)24(13-18)30-11-7-10-28-5/h8-9,13,16-17,19-21,23H,7,10-12,14-15H2,1-6H3/t19-,20-,21?,23?/m0/s1/i6D3. The van der Waals surface area contributed by atoms with E-state index in [0.29, 0.717) is 37.2 Å². The zero-order valence-electron chi connectivity index (χ0n) is 22.4. The molecule has 2 unspecified atom stereocenters. The van der Waals surface area contributed by atoms with Crippen LogP contribution in [0.25, 0.3) is 0 Å². The van der Waals surface area contributed by atoms with Gasteiger partial charge in [-0.1, -0.05) is 49.7 Å². The fraction of sp³-hybridized carbons (Fsp3) is 0.720. The minimum atomic E-state index is -2.55. The Balaban J connectivity index is 2.11. The molecule has 5 nitrogen and oxygen atoms in total. The van der Waals surface area contributed by atoms with Gasteiger partial charge in [-0.3, -0.25) is 4.79 Å². The number of esters is 1. The van der Waals surface area contributed by atoms with Crippen molar-refractivity contribution in [2.75, 3.05) is 27.4 Å². The van der Waals surface area contributed by atoms with Gasteiger partial charge in [0.25, 0.3) is 0 Å². The molecular formula is C25H39BrO5. The molecule has 1 aromatic rings. The number of ether oxygens (including phenoxy) is 4. The quantitative estimate of drug-likeness (QED) is 0.198. The van der Waals surface area contributed by atoms with E-state index in [1.807, 2.05) is 12.1 Å². The van der Waals surface area contributed by atoms with Crippen LogP contribution in [0.5, 0.6) is 11.5 Å². The molecule has 1 aromatic carbocycles. The van der Waals surface area contributed by atoms with Crippen molar-refractivity contribution < 1.29 is 27.9 Å². The Labute approximate surface area is 200 Å². The first-order valence-corrected chi connectivity index (χ1v) is 12.1. The van der Waals surface area contributed by atoms with Crippen LogP contribution >= 0.6 is 15.9 Å². The van der Waals surface area contributed by atoms with Gasteiger partial charge < -0.3 is 18.9 Å². The fourth-order valence-electron chi connectivity index (χ4n) is 3.99. The van der Waals surface area contributed by atoms with Gasteiger partial charge in [-0.25, -0.2) is 0 Å². The van der Waals surface area contributed by atoms with Crippen LogP contribution in [0.2, 0.25) is 0 Å². The number of benzene rings is 1. The number of rotatable bonds is 13. The molecule has 176 valence electrons. The molecule has 0 bridgehead atoms. The first-order chi connectivity index (χ1) is 15.9. The number of carbonyl (C=O) groups is 1. The Bertz CT molecular complexity index is 784. The molecule has 1 saturated heterocycles. The summed E-state index contributed by atoms with van der Waals surface area (Å²) >= 11 is 3.80. The highest BCUT2D eigenvalue weighted by Crippen LogP contribution is 2.36. The molecular weight excluding hydrogens is 460 g/mol. The lowest BCUT2D eigenvalue weighted by Crippen LogP contribution is -2.26. The molecule has 0 aromatic heterocycles. The van der Waals surface area contributed by atoms with Gasteiger partial charge in [0, 0.05) is 20.1 Å². The molecule has 0 saturated carbocycles. The number of hydrogen-bond donors (Lipinski definition) is 0. The van der Waals surface area contributed by atoms with Crippen LogP contribution in [-0.4, -0.2) is 44.3 Å². The van der Waals surface area contributed by atoms with Crippen molar-refractivity contribution >= 4 is 21.9 Å². The van der Waals surface area contributed by atoms with Crippen LogP contribution < -0.4 is 9.47 Å². The van der Waals surface area contributed by atoms with Crippen molar-refractivity contribution in [3.05, 3.63) is 23.8 Å². The van der Waals surface area contributed by atoms with Gasteiger partial charge in [0.05, 0.1) is 28.5 Å². The fourth-order valence-corrected chi connectivity index (χ4v) is 4.80. The van der Waals surface area contributed by atoms with Crippen LogP contribution in [0.4, 0.5) is 0 Å². The maximum absolute atomic E-state index is 12.2. The van der Waals surface area contributed by atoms with Crippen molar-refractivity contribution in [3.63, 3.8) is 0 Å². The molecule has 4 atom stereocenters. The molecule has 0 spiro atoms. The van der Waals surface area contributed by atoms with E-state index < -0.39 is 7.04 Å². The second kappa shape index (κ2) is 12.7. The van der Waals surface area contributed by atoms with Gasteiger partial charge in [0.2, 0.25) is 0 Å². The van der Waals surface area contributed by atoms with E-state index in [-0.39, 0.29) is 34.5 Å². The van der Waals surface area contributed by atoms with Gasteiger partial charge in [0.15, 0.2) is 11.5 Å². The lowest BCUT2D eigenvalue weighted by atomic mass is 9.83. The summed E-state index contributed by atoms with van der Waals surface area (Å²) in [6.45, 7) is 9.45. The molecule has 1 aliphatic heterocycles. The Morgan fingerprint density at radius 1 is 1.23 bits per heavy atom. The third-order valence-electron chi connectivity index (χ3n) is 6.10. The van der Waals surface area contributed by atoms with Gasteiger partial charge in [-0.2, -0.15) is 0 Å². The predicted molar refractivity (Wildman–Crippen MR) is 127 cm³/mol. The van der Waals surface area contributed by atoms with E-state index in [2.05, 4.69) is 43.6 Å². The van der Waals surface area contributed by atoms with Crippen LogP contribution in [-0.2, 0) is 20.7 Å². The van der Waals surface area contributed by atoms with Gasteiger partial charge in [-0.05, 0) is 54.7 Å². The molecule has 0 aliphatic carbocycles. The van der Waals surface area contributed by atoms with E-state index in [1.54, 1.807) is 13.2 Å². The smallest absolute Gasteiger partial charge is 0.309 e. The molecule has 0 radical (unpaired) electrons. The zero-order valence-corrected chi connectivity index (χ0v) is 20.9. The summed E-state index contributed by atoms with van der Waals surface area (Å²) in [4.78, 5) is 12.3. The minimum Gasteiger partial charge on any atom is -0.493 e. The summed E-state index contributed by atoms with van der Waals surface area (Å²) in [7, 11) is -0.926. The molecule has 1 fully saturated rings. The molecule has 2 rings (SSSR count). The van der Waals surface area contributed by atoms with Crippen LogP contribution in [0.1, 0.15) is 56.6 Å². The molecule has 31 heavy (non-hydrogen) atoms. The Hall–Kier alpha value is -1.27. The maximum Gasteiger partial charge on any atom is 0.309 e. The largest absolute Gasteiger partial charge is 0.493 e. The first kappa shape index (κ1) is 21.6. The summed E-state index contributed by atoms with van der Waals surface area (Å²) < 4.78 is 44.1. The Kier molecular flexibility index (Phi) is 8.83. The summed E-state index contributed by atoms with van der Waals surface area (Å²) in [5.74, 6) is 1.51. The number of cyclic esters (lactones) is 1. The van der Waals surface area contributed by atoms with E-state index >= 15 is 0 Å². The van der Waals surface area contributed by atoms with Crippen molar-refractivity contribution in [1.29, 1.82) is 0 Å². The van der Waals surface area contributed by atoms with Gasteiger partial charge in [-0.15, -0.1) is 0 Å². The van der Waals surface area contributed by atoms with Crippen LogP contribution in [0, 0.1) is 23.7 Å². The van der Waals surface area contributed by atoms with Crippen molar-refractivity contribution in [2.45, 2.75) is 64.3 Å². The predicted octanol–water partition coefficient (Wildman–Crippen LogP) is 5.67. The highest BCUT2D eigenvalue weighted by Gasteiger charge is 2.40. The average molecular weight is 503 g/mol. The van der Waals surface area contributed by atoms with Crippen LogP contribution in [0.15, 0.2) is 18.2 Å². The number of alkyl halides is 1. The topological polar surface area (TPSA) is 54.0 Å². The highest BCUT2D eigenvalue weighted by atomic mass is 79.9. The van der Waals surface area contributed by atoms with Crippen molar-refractivity contribution in [3.8, 4) is 11.5 Å². The molecule has 6 heteroatoms. The summed E-state index contributed by atoms with van der Waals surface area (Å²) in [6.07, 6.45) is 2.97. The minimum absolute atomic E-state index is 0.0360. The monoisotopic (exact) mass is 501 g/mol. The average Bonchev–Trinajstić information content (AvgIpc) is 3.13. The molecule has 1 aliphatic rings. The van der Waals surface area contributed by atoms with E-state index in [4.69, 9.17) is 23.1 Å². The second-order valence-electron chi connectivity index (χ2n) is 9.10. The summed E-state index contributed by atoms with van der Waals surface area (Å²) in [6, 6.07) is 5.44. The number of carbonyl (C=O) groups excluding carboxylic acids is 1. The lowest BCUT2D eigenvalue weighted by molar-refractivity contribution is -0.145. The third-order valence-corrected chi connectivity index (χ3v) is 7.07. The maximum atomic E-state index is 12.2. The SMILES string of the molecule is [2H]C([2H])([2H])Oc1ccc(C[C@@H](CC(Br)C2C[C@@H](C(C)C)C(=O)O2)C(C)C)cc1OCCCOC. The first-order valence-electron chi connectivity index (χ1n) is 12.7. The Morgan fingerprint density at radius 2 is 2.00 bits per heavy atom. The Morgan fingerprint density at radius 3 is 2.61 bits per heavy atom. The zero-order chi connectivity index (χ0) is 25.5. The van der Waals surface area contributed by atoms with E-state index in [9.17, 15) is 4.79 Å². The number of hydrogen-bond acceptors (Lipinski definition) is 5. The van der Waals surface area contributed by atoms with E-state index in [1.165, 1.54) is 0 Å². The number of methoxy groups -OCH3 is 2. The second-order valence-corrected chi connectivity index (χ2v) is 10.3. The van der Waals surface area contributed by atoms with Crippen molar-refractivity contribution in [1.82, 2.24) is 0 Å².